The van der Waals surface area contributed by atoms with Crippen molar-refractivity contribution >= 4 is 26.9 Å². The normalized spacial score (nSPS) is 10.8. The van der Waals surface area contributed by atoms with Crippen LogP contribution in [-0.4, -0.2) is 0 Å². The Morgan fingerprint density at radius 2 is 2.08 bits per heavy atom. The van der Waals surface area contributed by atoms with E-state index in [1.807, 2.05) is 24.3 Å². The van der Waals surface area contributed by atoms with Gasteiger partial charge in [-0.1, -0.05) is 12.1 Å². The standard InChI is InChI=1S/C9H8BrNO/c10-9-6-3-1-2-4-7(6)12-8(9)5-11/h1-4H,5,11H2. The van der Waals surface area contributed by atoms with Gasteiger partial charge in [0.1, 0.15) is 11.3 Å². The zero-order valence-electron chi connectivity index (χ0n) is 6.38. The molecule has 2 rings (SSSR count). The van der Waals surface area contributed by atoms with Gasteiger partial charge in [0, 0.05) is 5.39 Å². The molecule has 1 aromatic carbocycles. The lowest BCUT2D eigenvalue weighted by atomic mass is 10.2. The van der Waals surface area contributed by atoms with E-state index in [4.69, 9.17) is 10.2 Å². The Labute approximate surface area is 78.5 Å². The van der Waals surface area contributed by atoms with Crippen LogP contribution >= 0.6 is 15.9 Å². The van der Waals surface area contributed by atoms with Crippen LogP contribution in [0.5, 0.6) is 0 Å². The highest BCUT2D eigenvalue weighted by Crippen LogP contribution is 2.29. The summed E-state index contributed by atoms with van der Waals surface area (Å²) in [6.45, 7) is 0.426. The van der Waals surface area contributed by atoms with Crippen molar-refractivity contribution in [3.63, 3.8) is 0 Å². The molecule has 0 radical (unpaired) electrons. The first-order valence-electron chi connectivity index (χ1n) is 3.69. The van der Waals surface area contributed by atoms with Crippen LogP contribution in [0.4, 0.5) is 0 Å². The molecular formula is C9H8BrNO. The lowest BCUT2D eigenvalue weighted by molar-refractivity contribution is 0.549. The van der Waals surface area contributed by atoms with Crippen LogP contribution in [0.25, 0.3) is 11.0 Å². The molecule has 2 aromatic rings. The molecule has 0 saturated carbocycles. The minimum Gasteiger partial charge on any atom is -0.458 e. The van der Waals surface area contributed by atoms with Crippen LogP contribution in [0, 0.1) is 0 Å². The monoisotopic (exact) mass is 225 g/mol. The van der Waals surface area contributed by atoms with Crippen LogP contribution in [0.1, 0.15) is 5.76 Å². The van der Waals surface area contributed by atoms with E-state index in [0.29, 0.717) is 6.54 Å². The fourth-order valence-corrected chi connectivity index (χ4v) is 1.77. The van der Waals surface area contributed by atoms with Gasteiger partial charge in [0.25, 0.3) is 0 Å². The number of hydrogen-bond donors (Lipinski definition) is 1. The fourth-order valence-electron chi connectivity index (χ4n) is 1.20. The third kappa shape index (κ3) is 1.06. The lowest BCUT2D eigenvalue weighted by Crippen LogP contribution is -1.93. The van der Waals surface area contributed by atoms with Crippen molar-refractivity contribution in [2.24, 2.45) is 5.73 Å². The molecule has 0 atom stereocenters. The Morgan fingerprint density at radius 3 is 2.75 bits per heavy atom. The van der Waals surface area contributed by atoms with Gasteiger partial charge in [0.2, 0.25) is 0 Å². The summed E-state index contributed by atoms with van der Waals surface area (Å²) < 4.78 is 6.45. The number of halogens is 1. The first-order valence-corrected chi connectivity index (χ1v) is 4.48. The number of rotatable bonds is 1. The number of nitrogens with two attached hydrogens (primary N) is 1. The first-order chi connectivity index (χ1) is 5.83. The van der Waals surface area contributed by atoms with Gasteiger partial charge in [-0.25, -0.2) is 0 Å². The molecule has 0 aliphatic heterocycles. The van der Waals surface area contributed by atoms with E-state index in [-0.39, 0.29) is 0 Å². The van der Waals surface area contributed by atoms with Gasteiger partial charge in [-0.2, -0.15) is 0 Å². The zero-order valence-corrected chi connectivity index (χ0v) is 7.97. The van der Waals surface area contributed by atoms with E-state index < -0.39 is 0 Å². The molecule has 2 nitrogen and oxygen atoms in total. The summed E-state index contributed by atoms with van der Waals surface area (Å²) in [6.07, 6.45) is 0. The second-order valence-electron chi connectivity index (χ2n) is 2.54. The molecule has 0 spiro atoms. The largest absolute Gasteiger partial charge is 0.458 e. The SMILES string of the molecule is NCc1oc2ccccc2c1Br. The van der Waals surface area contributed by atoms with Crippen molar-refractivity contribution in [3.8, 4) is 0 Å². The molecule has 12 heavy (non-hydrogen) atoms. The summed E-state index contributed by atoms with van der Waals surface area (Å²) in [5, 5.41) is 1.08. The van der Waals surface area contributed by atoms with E-state index >= 15 is 0 Å². The summed E-state index contributed by atoms with van der Waals surface area (Å²) in [7, 11) is 0. The van der Waals surface area contributed by atoms with Crippen molar-refractivity contribution in [2.45, 2.75) is 6.54 Å². The van der Waals surface area contributed by atoms with Crippen molar-refractivity contribution in [3.05, 3.63) is 34.5 Å². The quantitative estimate of drug-likeness (QED) is 0.811. The fraction of sp³-hybridized carbons (Fsp3) is 0.111. The molecule has 0 aliphatic rings. The molecule has 0 bridgehead atoms. The zero-order chi connectivity index (χ0) is 8.55. The van der Waals surface area contributed by atoms with E-state index in [0.717, 1.165) is 21.2 Å². The van der Waals surface area contributed by atoms with Crippen LogP contribution in [0.3, 0.4) is 0 Å². The smallest absolute Gasteiger partial charge is 0.135 e. The maximum absolute atomic E-state index is 5.49. The van der Waals surface area contributed by atoms with Gasteiger partial charge in [-0.05, 0) is 28.1 Å². The minimum atomic E-state index is 0.426. The van der Waals surface area contributed by atoms with Gasteiger partial charge in [0.05, 0.1) is 11.0 Å². The van der Waals surface area contributed by atoms with Gasteiger partial charge in [-0.15, -0.1) is 0 Å². The Bertz CT molecular complexity index is 408. The third-order valence-corrected chi connectivity index (χ3v) is 2.66. The lowest BCUT2D eigenvalue weighted by Gasteiger charge is -1.86. The molecule has 3 heteroatoms. The number of furan rings is 1. The van der Waals surface area contributed by atoms with Crippen LogP contribution in [0.15, 0.2) is 33.2 Å². The summed E-state index contributed by atoms with van der Waals surface area (Å²) in [5.74, 6) is 0.802. The van der Waals surface area contributed by atoms with Crippen LogP contribution < -0.4 is 5.73 Å². The number of hydrogen-bond acceptors (Lipinski definition) is 2. The third-order valence-electron chi connectivity index (χ3n) is 1.79. The molecule has 1 aromatic heterocycles. The average Bonchev–Trinajstić information content (AvgIpc) is 2.44. The summed E-state index contributed by atoms with van der Waals surface area (Å²) in [6, 6.07) is 7.85. The molecule has 1 heterocycles. The Kier molecular flexibility index (Phi) is 1.90. The second-order valence-corrected chi connectivity index (χ2v) is 3.33. The minimum absolute atomic E-state index is 0.426. The molecule has 0 aliphatic carbocycles. The van der Waals surface area contributed by atoms with Crippen molar-refractivity contribution < 1.29 is 4.42 Å². The molecule has 2 N–H and O–H groups in total. The van der Waals surface area contributed by atoms with E-state index in [1.54, 1.807) is 0 Å². The Balaban J connectivity index is 2.78. The summed E-state index contributed by atoms with van der Waals surface area (Å²) in [5.41, 5.74) is 6.37. The van der Waals surface area contributed by atoms with E-state index in [2.05, 4.69) is 15.9 Å². The Hall–Kier alpha value is -0.800. The van der Waals surface area contributed by atoms with Crippen molar-refractivity contribution in [2.75, 3.05) is 0 Å². The highest BCUT2D eigenvalue weighted by Gasteiger charge is 2.08. The molecule has 0 unspecified atom stereocenters. The maximum Gasteiger partial charge on any atom is 0.135 e. The summed E-state index contributed by atoms with van der Waals surface area (Å²) >= 11 is 3.44. The average molecular weight is 226 g/mol. The molecular weight excluding hydrogens is 218 g/mol. The molecule has 0 amide bonds. The summed E-state index contributed by atoms with van der Waals surface area (Å²) in [4.78, 5) is 0. The maximum atomic E-state index is 5.49. The molecule has 0 saturated heterocycles. The number of para-hydroxylation sites is 1. The molecule has 62 valence electrons. The predicted octanol–water partition coefficient (Wildman–Crippen LogP) is 2.65. The number of fused-ring (bicyclic) bond motifs is 1. The molecule has 0 fully saturated rings. The van der Waals surface area contributed by atoms with Gasteiger partial charge >= 0.3 is 0 Å². The Morgan fingerprint density at radius 1 is 1.33 bits per heavy atom. The van der Waals surface area contributed by atoms with Gasteiger partial charge in [-0.3, -0.25) is 0 Å². The number of benzene rings is 1. The van der Waals surface area contributed by atoms with Gasteiger partial charge in [0.15, 0.2) is 0 Å². The topological polar surface area (TPSA) is 39.2 Å². The van der Waals surface area contributed by atoms with Crippen molar-refractivity contribution in [1.29, 1.82) is 0 Å². The highest BCUT2D eigenvalue weighted by atomic mass is 79.9. The second kappa shape index (κ2) is 2.92. The van der Waals surface area contributed by atoms with Crippen LogP contribution in [0.2, 0.25) is 0 Å². The van der Waals surface area contributed by atoms with E-state index in [9.17, 15) is 0 Å². The first kappa shape index (κ1) is 7.83. The van der Waals surface area contributed by atoms with Crippen LogP contribution in [-0.2, 0) is 6.54 Å². The highest BCUT2D eigenvalue weighted by molar-refractivity contribution is 9.10. The van der Waals surface area contributed by atoms with Gasteiger partial charge < -0.3 is 10.2 Å². The predicted molar refractivity (Wildman–Crippen MR) is 51.8 cm³/mol. The van der Waals surface area contributed by atoms with E-state index in [1.165, 1.54) is 0 Å². The van der Waals surface area contributed by atoms with Crippen molar-refractivity contribution in [1.82, 2.24) is 0 Å².